The fourth-order valence-electron chi connectivity index (χ4n) is 2.76. The number of rotatable bonds is 3. The number of aromatic nitrogens is 2. The van der Waals surface area contributed by atoms with Crippen LogP contribution in [0.2, 0.25) is 0 Å². The van der Waals surface area contributed by atoms with E-state index in [-0.39, 0.29) is 6.04 Å². The molecule has 3 rings (SSSR count). The highest BCUT2D eigenvalue weighted by atomic mass is 16.5. The Morgan fingerprint density at radius 2 is 2.35 bits per heavy atom. The van der Waals surface area contributed by atoms with E-state index in [4.69, 9.17) is 26.6 Å². The van der Waals surface area contributed by atoms with Crippen molar-refractivity contribution in [3.05, 3.63) is 30.1 Å². The fraction of sp³-hybridized carbons (Fsp3) is 0.312. The summed E-state index contributed by atoms with van der Waals surface area (Å²) in [5.74, 6) is 0.794. The number of allylic oxidation sites excluding steroid dienone is 1. The summed E-state index contributed by atoms with van der Waals surface area (Å²) in [6.45, 7) is 4.18. The lowest BCUT2D eigenvalue weighted by atomic mass is 10.1. The molecular formula is C16H20N6O. The summed E-state index contributed by atoms with van der Waals surface area (Å²) in [5, 5.41) is 7.99. The standard InChI is InChI=1S/C16H20N6O/c1-10-9-23-7-6-22(10)14-8-13(19)11-3-5-20-16(15(11)21-14)12(18)2-4-17/h2-5,8,10,17H,6-7,9,18H2,1H3,(H2,19,21)/b12-2-,17-4?/t10-/m1/s1. The van der Waals surface area contributed by atoms with Gasteiger partial charge >= 0.3 is 0 Å². The number of hydrogen-bond acceptors (Lipinski definition) is 7. The summed E-state index contributed by atoms with van der Waals surface area (Å²) in [7, 11) is 0. The Balaban J connectivity index is 2.17. The van der Waals surface area contributed by atoms with Crippen LogP contribution >= 0.6 is 0 Å². The van der Waals surface area contributed by atoms with Crippen molar-refractivity contribution in [2.45, 2.75) is 13.0 Å². The van der Waals surface area contributed by atoms with E-state index in [0.29, 0.717) is 35.8 Å². The summed E-state index contributed by atoms with van der Waals surface area (Å²) in [4.78, 5) is 11.2. The van der Waals surface area contributed by atoms with E-state index >= 15 is 0 Å². The molecule has 23 heavy (non-hydrogen) atoms. The van der Waals surface area contributed by atoms with E-state index in [1.165, 1.54) is 6.08 Å². The molecule has 3 heterocycles. The van der Waals surface area contributed by atoms with Gasteiger partial charge < -0.3 is 26.5 Å². The Morgan fingerprint density at radius 1 is 1.52 bits per heavy atom. The first kappa shape index (κ1) is 15.2. The molecule has 2 aromatic rings. The quantitative estimate of drug-likeness (QED) is 0.738. The first-order valence-electron chi connectivity index (χ1n) is 7.48. The molecule has 7 nitrogen and oxygen atoms in total. The summed E-state index contributed by atoms with van der Waals surface area (Å²) in [5.41, 5.74) is 14.5. The normalized spacial score (nSPS) is 19.1. The van der Waals surface area contributed by atoms with Crippen molar-refractivity contribution < 1.29 is 4.74 Å². The molecule has 2 aromatic heterocycles. The van der Waals surface area contributed by atoms with Gasteiger partial charge in [-0.1, -0.05) is 0 Å². The molecule has 1 saturated heterocycles. The second-order valence-electron chi connectivity index (χ2n) is 5.53. The Hall–Kier alpha value is -2.67. The SMILES string of the molecule is C[C@@H]1COCCN1c1cc(N)c2ccnc(/C(N)=C/C=N)c2n1. The van der Waals surface area contributed by atoms with Gasteiger partial charge in [0, 0.05) is 36.1 Å². The Bertz CT molecular complexity index is 772. The number of nitrogens with zero attached hydrogens (tertiary/aromatic N) is 3. The van der Waals surface area contributed by atoms with Gasteiger partial charge in [-0.15, -0.1) is 0 Å². The molecule has 0 unspecified atom stereocenters. The molecule has 0 saturated carbocycles. The number of nitrogens with two attached hydrogens (primary N) is 2. The predicted octanol–water partition coefficient (Wildman–Crippen LogP) is 1.39. The van der Waals surface area contributed by atoms with Crippen molar-refractivity contribution in [2.75, 3.05) is 30.4 Å². The minimum atomic E-state index is 0.225. The first-order valence-corrected chi connectivity index (χ1v) is 7.48. The van der Waals surface area contributed by atoms with Gasteiger partial charge in [-0.3, -0.25) is 4.98 Å². The molecule has 120 valence electrons. The average molecular weight is 312 g/mol. The number of nitrogens with one attached hydrogen (secondary N) is 1. The van der Waals surface area contributed by atoms with Crippen LogP contribution in [0.3, 0.4) is 0 Å². The van der Waals surface area contributed by atoms with E-state index in [1.54, 1.807) is 6.20 Å². The van der Waals surface area contributed by atoms with Crippen LogP contribution in [0.1, 0.15) is 12.6 Å². The second kappa shape index (κ2) is 6.21. The summed E-state index contributed by atoms with van der Waals surface area (Å²) < 4.78 is 5.48. The Labute approximate surface area is 134 Å². The van der Waals surface area contributed by atoms with Crippen LogP contribution in [0.5, 0.6) is 0 Å². The topological polar surface area (TPSA) is 114 Å². The molecule has 1 atom stereocenters. The highest BCUT2D eigenvalue weighted by Gasteiger charge is 2.22. The third-order valence-electron chi connectivity index (χ3n) is 3.94. The van der Waals surface area contributed by atoms with E-state index in [1.807, 2.05) is 12.1 Å². The molecular weight excluding hydrogens is 292 g/mol. The molecule has 0 radical (unpaired) electrons. The minimum absolute atomic E-state index is 0.225. The van der Waals surface area contributed by atoms with Crippen molar-refractivity contribution in [3.8, 4) is 0 Å². The molecule has 0 spiro atoms. The maximum Gasteiger partial charge on any atom is 0.131 e. The maximum absolute atomic E-state index is 7.19. The molecule has 0 aromatic carbocycles. The van der Waals surface area contributed by atoms with Crippen molar-refractivity contribution in [1.29, 1.82) is 5.41 Å². The molecule has 0 bridgehead atoms. The average Bonchev–Trinajstić information content (AvgIpc) is 2.55. The minimum Gasteiger partial charge on any atom is -0.398 e. The molecule has 5 N–H and O–H groups in total. The van der Waals surface area contributed by atoms with E-state index in [9.17, 15) is 0 Å². The largest absolute Gasteiger partial charge is 0.398 e. The summed E-state index contributed by atoms with van der Waals surface area (Å²) in [6, 6.07) is 3.93. The van der Waals surface area contributed by atoms with Crippen LogP contribution in [-0.4, -0.2) is 42.0 Å². The third kappa shape index (κ3) is 2.83. The zero-order valence-corrected chi connectivity index (χ0v) is 13.0. The monoisotopic (exact) mass is 312 g/mol. The fourth-order valence-corrected chi connectivity index (χ4v) is 2.76. The van der Waals surface area contributed by atoms with Crippen LogP contribution in [-0.2, 0) is 4.74 Å². The number of hydrogen-bond donors (Lipinski definition) is 3. The van der Waals surface area contributed by atoms with E-state index in [0.717, 1.165) is 24.0 Å². The molecule has 1 fully saturated rings. The highest BCUT2D eigenvalue weighted by molar-refractivity contribution is 5.98. The van der Waals surface area contributed by atoms with Crippen LogP contribution < -0.4 is 16.4 Å². The van der Waals surface area contributed by atoms with Crippen LogP contribution in [0.15, 0.2) is 24.4 Å². The number of morpholine rings is 1. The van der Waals surface area contributed by atoms with Crippen LogP contribution in [0, 0.1) is 5.41 Å². The van der Waals surface area contributed by atoms with Gasteiger partial charge in [0.1, 0.15) is 17.0 Å². The van der Waals surface area contributed by atoms with Gasteiger partial charge in [0.05, 0.1) is 25.0 Å². The Morgan fingerprint density at radius 3 is 3.09 bits per heavy atom. The van der Waals surface area contributed by atoms with Gasteiger partial charge in [0.25, 0.3) is 0 Å². The van der Waals surface area contributed by atoms with Crippen molar-refractivity contribution >= 4 is 34.3 Å². The number of fused-ring (bicyclic) bond motifs is 1. The molecule has 7 heteroatoms. The lowest BCUT2D eigenvalue weighted by molar-refractivity contribution is 0.0986. The van der Waals surface area contributed by atoms with Crippen molar-refractivity contribution in [2.24, 2.45) is 5.73 Å². The number of nitrogen functional groups attached to an aromatic ring is 1. The molecule has 0 aliphatic carbocycles. The lowest BCUT2D eigenvalue weighted by Crippen LogP contribution is -2.44. The van der Waals surface area contributed by atoms with Gasteiger partial charge in [0.2, 0.25) is 0 Å². The van der Waals surface area contributed by atoms with Gasteiger partial charge in [-0.05, 0) is 19.1 Å². The molecule has 0 amide bonds. The smallest absolute Gasteiger partial charge is 0.131 e. The van der Waals surface area contributed by atoms with Gasteiger partial charge in [0.15, 0.2) is 0 Å². The first-order chi connectivity index (χ1) is 11.1. The second-order valence-corrected chi connectivity index (χ2v) is 5.53. The van der Waals surface area contributed by atoms with Crippen LogP contribution in [0.25, 0.3) is 16.6 Å². The van der Waals surface area contributed by atoms with Crippen molar-refractivity contribution in [1.82, 2.24) is 9.97 Å². The molecule has 1 aliphatic heterocycles. The van der Waals surface area contributed by atoms with Crippen LogP contribution in [0.4, 0.5) is 11.5 Å². The summed E-state index contributed by atoms with van der Waals surface area (Å²) >= 11 is 0. The van der Waals surface area contributed by atoms with Crippen molar-refractivity contribution in [3.63, 3.8) is 0 Å². The zero-order valence-electron chi connectivity index (χ0n) is 13.0. The van der Waals surface area contributed by atoms with E-state index in [2.05, 4.69) is 16.8 Å². The molecule has 1 aliphatic rings. The maximum atomic E-state index is 7.19. The highest BCUT2D eigenvalue weighted by Crippen LogP contribution is 2.29. The van der Waals surface area contributed by atoms with E-state index < -0.39 is 0 Å². The van der Waals surface area contributed by atoms with Gasteiger partial charge in [-0.25, -0.2) is 4.98 Å². The van der Waals surface area contributed by atoms with Gasteiger partial charge in [-0.2, -0.15) is 0 Å². The zero-order chi connectivity index (χ0) is 16.4. The number of anilines is 2. The Kier molecular flexibility index (Phi) is 4.12. The predicted molar refractivity (Wildman–Crippen MR) is 92.5 cm³/mol. The number of ether oxygens (including phenoxy) is 1. The lowest BCUT2D eigenvalue weighted by Gasteiger charge is -2.34. The third-order valence-corrected chi connectivity index (χ3v) is 3.94. The summed E-state index contributed by atoms with van der Waals surface area (Å²) in [6.07, 6.45) is 4.27. The number of pyridine rings is 2.